The van der Waals surface area contributed by atoms with Gasteiger partial charge in [-0.25, -0.2) is 5.10 Å². The number of non-ortho nitro benzene ring substituents is 1. The number of aromatic nitrogens is 2. The van der Waals surface area contributed by atoms with Crippen molar-refractivity contribution in [2.24, 2.45) is 0 Å². The summed E-state index contributed by atoms with van der Waals surface area (Å²) in [5, 5.41) is 16.8. The van der Waals surface area contributed by atoms with Crippen molar-refractivity contribution in [2.45, 2.75) is 0 Å². The molecule has 1 aromatic heterocycles. The Morgan fingerprint density at radius 3 is 2.65 bits per heavy atom. The molecular weight excluding hydrogens is 290 g/mol. The van der Waals surface area contributed by atoms with Crippen LogP contribution >= 0.6 is 15.9 Å². The smallest absolute Gasteiger partial charge is 0.268 e. The zero-order chi connectivity index (χ0) is 12.4. The number of H-pyrrole nitrogens is 1. The van der Waals surface area contributed by atoms with E-state index in [-0.39, 0.29) is 11.2 Å². The summed E-state index contributed by atoms with van der Waals surface area (Å²) in [7, 11) is 0. The molecule has 7 heteroatoms. The number of benzene rings is 1. The number of hydrogen-bond donors (Lipinski definition) is 1. The first-order chi connectivity index (χ1) is 8.08. The number of rotatable bonds is 2. The van der Waals surface area contributed by atoms with Crippen LogP contribution < -0.4 is 5.56 Å². The molecule has 0 radical (unpaired) electrons. The van der Waals surface area contributed by atoms with Crippen molar-refractivity contribution in [2.75, 3.05) is 0 Å². The van der Waals surface area contributed by atoms with E-state index in [9.17, 15) is 14.9 Å². The molecule has 0 amide bonds. The van der Waals surface area contributed by atoms with E-state index in [4.69, 9.17) is 0 Å². The molecule has 1 heterocycles. The van der Waals surface area contributed by atoms with Gasteiger partial charge in [0.05, 0.1) is 10.6 Å². The Bertz CT molecular complexity index is 618. The summed E-state index contributed by atoms with van der Waals surface area (Å²) in [6, 6.07) is 7.17. The lowest BCUT2D eigenvalue weighted by atomic mass is 10.1. The molecule has 1 aromatic carbocycles. The van der Waals surface area contributed by atoms with Crippen molar-refractivity contribution in [3.8, 4) is 11.3 Å². The van der Waals surface area contributed by atoms with Crippen LogP contribution in [0.5, 0.6) is 0 Å². The Morgan fingerprint density at radius 2 is 2.06 bits per heavy atom. The van der Waals surface area contributed by atoms with Crippen LogP contribution in [0.3, 0.4) is 0 Å². The number of nitro benzene ring substituents is 1. The molecule has 0 saturated carbocycles. The van der Waals surface area contributed by atoms with E-state index in [0.29, 0.717) is 15.7 Å². The Labute approximate surface area is 104 Å². The van der Waals surface area contributed by atoms with Crippen LogP contribution in [-0.2, 0) is 0 Å². The molecule has 0 bridgehead atoms. The average molecular weight is 296 g/mol. The number of nitrogens with one attached hydrogen (secondary N) is 1. The first-order valence-electron chi connectivity index (χ1n) is 4.58. The Kier molecular flexibility index (Phi) is 3.01. The number of hydrogen-bond acceptors (Lipinski definition) is 4. The summed E-state index contributed by atoms with van der Waals surface area (Å²) in [6.45, 7) is 0. The van der Waals surface area contributed by atoms with Crippen LogP contribution in [0.1, 0.15) is 0 Å². The SMILES string of the molecule is O=c1ccc(-c2cc([N+](=O)[O-])ccc2Br)n[nH]1. The van der Waals surface area contributed by atoms with Crippen LogP contribution in [0, 0.1) is 10.1 Å². The van der Waals surface area contributed by atoms with E-state index in [1.54, 1.807) is 6.07 Å². The highest BCUT2D eigenvalue weighted by Crippen LogP contribution is 2.29. The summed E-state index contributed by atoms with van der Waals surface area (Å²) in [5.74, 6) is 0. The normalized spacial score (nSPS) is 10.2. The van der Waals surface area contributed by atoms with Gasteiger partial charge in [0.1, 0.15) is 0 Å². The highest BCUT2D eigenvalue weighted by molar-refractivity contribution is 9.10. The molecule has 0 aliphatic rings. The lowest BCUT2D eigenvalue weighted by Gasteiger charge is -2.02. The number of nitrogens with zero attached hydrogens (tertiary/aromatic N) is 2. The van der Waals surface area contributed by atoms with E-state index in [2.05, 4.69) is 26.1 Å². The zero-order valence-corrected chi connectivity index (χ0v) is 9.97. The third-order valence-corrected chi connectivity index (χ3v) is 2.81. The second-order valence-electron chi connectivity index (χ2n) is 3.23. The molecule has 0 atom stereocenters. The summed E-state index contributed by atoms with van der Waals surface area (Å²) in [4.78, 5) is 21.1. The van der Waals surface area contributed by atoms with Gasteiger partial charge in [-0.1, -0.05) is 15.9 Å². The first-order valence-corrected chi connectivity index (χ1v) is 5.37. The second kappa shape index (κ2) is 4.46. The van der Waals surface area contributed by atoms with Gasteiger partial charge in [-0.3, -0.25) is 14.9 Å². The molecule has 2 rings (SSSR count). The molecule has 0 saturated heterocycles. The molecule has 0 unspecified atom stereocenters. The largest absolute Gasteiger partial charge is 0.270 e. The van der Waals surface area contributed by atoms with Gasteiger partial charge in [0.25, 0.3) is 11.2 Å². The van der Waals surface area contributed by atoms with E-state index < -0.39 is 4.92 Å². The predicted molar refractivity (Wildman–Crippen MR) is 64.6 cm³/mol. The fourth-order valence-electron chi connectivity index (χ4n) is 1.32. The summed E-state index contributed by atoms with van der Waals surface area (Å²) in [5.41, 5.74) is 0.655. The quantitative estimate of drug-likeness (QED) is 0.679. The van der Waals surface area contributed by atoms with Crippen LogP contribution in [0.2, 0.25) is 0 Å². The summed E-state index contributed by atoms with van der Waals surface area (Å²) >= 11 is 3.28. The maximum absolute atomic E-state index is 10.9. The van der Waals surface area contributed by atoms with Gasteiger partial charge in [0, 0.05) is 28.2 Å². The van der Waals surface area contributed by atoms with Crippen molar-refractivity contribution >= 4 is 21.6 Å². The van der Waals surface area contributed by atoms with Crippen molar-refractivity contribution in [1.29, 1.82) is 0 Å². The molecule has 0 aliphatic carbocycles. The molecule has 2 aromatic rings. The summed E-state index contributed by atoms with van der Waals surface area (Å²) < 4.78 is 0.669. The zero-order valence-electron chi connectivity index (χ0n) is 8.38. The average Bonchev–Trinajstić information content (AvgIpc) is 2.31. The highest BCUT2D eigenvalue weighted by Gasteiger charge is 2.11. The van der Waals surface area contributed by atoms with Gasteiger partial charge >= 0.3 is 0 Å². The van der Waals surface area contributed by atoms with E-state index in [0.717, 1.165) is 0 Å². The lowest BCUT2D eigenvalue weighted by molar-refractivity contribution is -0.384. The third kappa shape index (κ3) is 2.39. The minimum absolute atomic E-state index is 0.0313. The predicted octanol–water partition coefficient (Wildman–Crippen LogP) is 2.11. The Morgan fingerprint density at radius 1 is 1.29 bits per heavy atom. The van der Waals surface area contributed by atoms with Crippen molar-refractivity contribution < 1.29 is 4.92 Å². The fraction of sp³-hybridized carbons (Fsp3) is 0. The molecule has 0 aliphatic heterocycles. The van der Waals surface area contributed by atoms with E-state index in [1.165, 1.54) is 24.3 Å². The van der Waals surface area contributed by atoms with E-state index in [1.807, 2.05) is 0 Å². The van der Waals surface area contributed by atoms with Crippen LogP contribution in [-0.4, -0.2) is 15.1 Å². The fourth-order valence-corrected chi connectivity index (χ4v) is 1.77. The van der Waals surface area contributed by atoms with E-state index >= 15 is 0 Å². The topological polar surface area (TPSA) is 88.9 Å². The van der Waals surface area contributed by atoms with Gasteiger partial charge in [0.15, 0.2) is 0 Å². The molecule has 0 spiro atoms. The molecule has 6 nitrogen and oxygen atoms in total. The minimum Gasteiger partial charge on any atom is -0.268 e. The Balaban J connectivity index is 2.57. The maximum atomic E-state index is 10.9. The first kappa shape index (κ1) is 11.5. The molecular formula is C10H6BrN3O3. The van der Waals surface area contributed by atoms with Crippen molar-refractivity contribution in [3.63, 3.8) is 0 Å². The molecule has 1 N–H and O–H groups in total. The maximum Gasteiger partial charge on any atom is 0.270 e. The second-order valence-corrected chi connectivity index (χ2v) is 4.08. The molecule has 86 valence electrons. The Hall–Kier alpha value is -2.02. The van der Waals surface area contributed by atoms with Gasteiger partial charge < -0.3 is 0 Å². The summed E-state index contributed by atoms with van der Waals surface area (Å²) in [6.07, 6.45) is 0. The van der Waals surface area contributed by atoms with Gasteiger partial charge in [0.2, 0.25) is 0 Å². The van der Waals surface area contributed by atoms with Gasteiger partial charge in [-0.2, -0.15) is 5.10 Å². The van der Waals surface area contributed by atoms with Crippen molar-refractivity contribution in [3.05, 3.63) is 55.3 Å². The highest BCUT2D eigenvalue weighted by atomic mass is 79.9. The number of nitro groups is 1. The molecule has 0 fully saturated rings. The third-order valence-electron chi connectivity index (χ3n) is 2.12. The number of aromatic amines is 1. The monoisotopic (exact) mass is 295 g/mol. The number of halogens is 1. The molecule has 17 heavy (non-hydrogen) atoms. The van der Waals surface area contributed by atoms with Crippen LogP contribution in [0.25, 0.3) is 11.3 Å². The van der Waals surface area contributed by atoms with Crippen LogP contribution in [0.15, 0.2) is 39.6 Å². The van der Waals surface area contributed by atoms with Gasteiger partial charge in [-0.05, 0) is 12.1 Å². The lowest BCUT2D eigenvalue weighted by Crippen LogP contribution is -2.05. The minimum atomic E-state index is -0.485. The van der Waals surface area contributed by atoms with Crippen LogP contribution in [0.4, 0.5) is 5.69 Å². The van der Waals surface area contributed by atoms with Gasteiger partial charge in [-0.15, -0.1) is 0 Å². The standard InChI is InChI=1S/C10H6BrN3O3/c11-8-2-1-6(14(16)17)5-7(8)9-3-4-10(15)13-12-9/h1-5H,(H,13,15). The van der Waals surface area contributed by atoms with Crippen molar-refractivity contribution in [1.82, 2.24) is 10.2 Å².